The van der Waals surface area contributed by atoms with E-state index in [4.69, 9.17) is 10.5 Å². The van der Waals surface area contributed by atoms with Crippen molar-refractivity contribution in [3.8, 4) is 11.5 Å². The monoisotopic (exact) mass is 485 g/mol. The van der Waals surface area contributed by atoms with Crippen LogP contribution in [0.2, 0.25) is 0 Å². The number of carbonyl (C=O) groups excluding carboxylic acids is 1. The van der Waals surface area contributed by atoms with E-state index in [-0.39, 0.29) is 46.1 Å². The number of nitrogens with two attached hydrogens (primary N) is 1. The van der Waals surface area contributed by atoms with Crippen molar-refractivity contribution in [3.05, 3.63) is 58.4 Å². The number of rotatable bonds is 6. The summed E-state index contributed by atoms with van der Waals surface area (Å²) in [6.07, 6.45) is 2.90. The Labute approximate surface area is 195 Å². The minimum absolute atomic E-state index is 0.0198. The SMILES string of the molecule is NC(=O)COc1ccc2c(c1)S(O)(O)N=C(c1c(O)c3ccccc3n(NC3CCC3)c1=O)N2. The predicted molar refractivity (Wildman–Crippen MR) is 129 cm³/mol. The molecule has 178 valence electrons. The quantitative estimate of drug-likeness (QED) is 0.309. The van der Waals surface area contributed by atoms with E-state index in [9.17, 15) is 23.8 Å². The smallest absolute Gasteiger partial charge is 0.284 e. The van der Waals surface area contributed by atoms with E-state index in [0.29, 0.717) is 10.9 Å². The molecule has 0 saturated heterocycles. The molecule has 1 fully saturated rings. The highest BCUT2D eigenvalue weighted by atomic mass is 32.3. The fraction of sp³-hybridized carbons (Fsp3) is 0.227. The molecule has 0 radical (unpaired) electrons. The minimum atomic E-state index is -3.77. The van der Waals surface area contributed by atoms with Crippen LogP contribution in [0.25, 0.3) is 10.9 Å². The Morgan fingerprint density at radius 1 is 1.26 bits per heavy atom. The van der Waals surface area contributed by atoms with Gasteiger partial charge in [-0.15, -0.1) is 4.40 Å². The highest BCUT2D eigenvalue weighted by Gasteiger charge is 2.31. The van der Waals surface area contributed by atoms with Crippen LogP contribution < -0.4 is 26.8 Å². The van der Waals surface area contributed by atoms with Crippen molar-refractivity contribution < 1.29 is 23.7 Å². The zero-order chi connectivity index (χ0) is 24.0. The van der Waals surface area contributed by atoms with Crippen molar-refractivity contribution in [1.82, 2.24) is 4.68 Å². The number of hydrogen-bond donors (Lipinski definition) is 6. The van der Waals surface area contributed by atoms with E-state index in [1.54, 1.807) is 24.3 Å². The third-order valence-electron chi connectivity index (χ3n) is 5.81. The van der Waals surface area contributed by atoms with Gasteiger partial charge in [-0.1, -0.05) is 22.9 Å². The molecule has 2 heterocycles. The molecular weight excluding hydrogens is 462 g/mol. The first-order valence-corrected chi connectivity index (χ1v) is 12.1. The topological polar surface area (TPSA) is 171 Å². The third kappa shape index (κ3) is 3.81. The second-order valence-corrected chi connectivity index (χ2v) is 9.79. The van der Waals surface area contributed by atoms with Gasteiger partial charge in [-0.05, 0) is 43.5 Å². The lowest BCUT2D eigenvalue weighted by molar-refractivity contribution is -0.119. The highest BCUT2D eigenvalue weighted by Crippen LogP contribution is 2.56. The number of nitrogens with one attached hydrogen (secondary N) is 2. The maximum absolute atomic E-state index is 13.5. The summed E-state index contributed by atoms with van der Waals surface area (Å²) >= 11 is 0. The Morgan fingerprint density at radius 3 is 2.74 bits per heavy atom. The number of amides is 1. The largest absolute Gasteiger partial charge is 0.506 e. The molecule has 7 N–H and O–H groups in total. The predicted octanol–water partition coefficient (Wildman–Crippen LogP) is 2.56. The molecule has 0 unspecified atom stereocenters. The van der Waals surface area contributed by atoms with Gasteiger partial charge in [0.05, 0.1) is 11.2 Å². The lowest BCUT2D eigenvalue weighted by Gasteiger charge is -2.34. The maximum Gasteiger partial charge on any atom is 0.284 e. The van der Waals surface area contributed by atoms with Crippen LogP contribution in [0.3, 0.4) is 0 Å². The van der Waals surface area contributed by atoms with Crippen LogP contribution >= 0.6 is 10.8 Å². The van der Waals surface area contributed by atoms with Crippen molar-refractivity contribution in [3.63, 3.8) is 0 Å². The number of benzene rings is 2. The van der Waals surface area contributed by atoms with Gasteiger partial charge in [-0.25, -0.2) is 4.68 Å². The fourth-order valence-corrected chi connectivity index (χ4v) is 5.08. The molecule has 0 spiro atoms. The standard InChI is InChI=1S/C22H23N5O6S/c23-18(28)11-33-13-8-9-15-17(10-13)34(31,32)26-21(24-15)19-20(29)14-6-1-2-7-16(14)27(22(19)30)25-12-4-3-5-12/h1-2,6-10,12,25,29,31-32H,3-5,11H2,(H2,23,28)(H,24,26). The number of para-hydroxylation sites is 1. The van der Waals surface area contributed by atoms with Gasteiger partial charge in [0.1, 0.15) is 22.0 Å². The van der Waals surface area contributed by atoms with Gasteiger partial charge >= 0.3 is 0 Å². The number of aromatic nitrogens is 1. The molecule has 34 heavy (non-hydrogen) atoms. The summed E-state index contributed by atoms with van der Waals surface area (Å²) in [6.45, 7) is -0.377. The summed E-state index contributed by atoms with van der Waals surface area (Å²) in [5.41, 5.74) is 8.29. The van der Waals surface area contributed by atoms with E-state index >= 15 is 0 Å². The van der Waals surface area contributed by atoms with Gasteiger partial charge in [-0.3, -0.25) is 18.7 Å². The van der Waals surface area contributed by atoms with Crippen LogP contribution in [-0.2, 0) is 4.79 Å². The summed E-state index contributed by atoms with van der Waals surface area (Å²) in [7, 11) is -3.77. The molecule has 1 aliphatic heterocycles. The highest BCUT2D eigenvalue weighted by molar-refractivity contribution is 8.23. The second-order valence-electron chi connectivity index (χ2n) is 8.13. The van der Waals surface area contributed by atoms with Gasteiger partial charge in [0.15, 0.2) is 12.4 Å². The molecule has 3 aromatic rings. The van der Waals surface area contributed by atoms with Crippen LogP contribution in [-0.4, -0.2) is 43.3 Å². The minimum Gasteiger partial charge on any atom is -0.506 e. The van der Waals surface area contributed by atoms with Crippen molar-refractivity contribution in [2.45, 2.75) is 30.2 Å². The van der Waals surface area contributed by atoms with Crippen molar-refractivity contribution in [2.24, 2.45) is 10.1 Å². The first-order valence-electron chi connectivity index (χ1n) is 10.6. The van der Waals surface area contributed by atoms with E-state index in [1.165, 1.54) is 22.9 Å². The number of primary amides is 1. The first kappa shape index (κ1) is 22.1. The summed E-state index contributed by atoms with van der Waals surface area (Å²) in [5.74, 6) is -0.978. The molecule has 1 saturated carbocycles. The van der Waals surface area contributed by atoms with E-state index in [1.807, 2.05) is 0 Å². The number of pyridine rings is 1. The molecule has 1 amide bonds. The van der Waals surface area contributed by atoms with Crippen LogP contribution in [0.5, 0.6) is 11.5 Å². The number of fused-ring (bicyclic) bond motifs is 2. The molecular formula is C22H23N5O6S. The Bertz CT molecular complexity index is 1400. The number of ether oxygens (including phenoxy) is 1. The van der Waals surface area contributed by atoms with E-state index in [0.717, 1.165) is 19.3 Å². The average Bonchev–Trinajstić information content (AvgIpc) is 2.76. The number of aromatic hydroxyl groups is 1. The zero-order valence-corrected chi connectivity index (χ0v) is 18.7. The van der Waals surface area contributed by atoms with Crippen molar-refractivity contribution >= 4 is 39.1 Å². The molecule has 5 rings (SSSR count). The number of amidine groups is 1. The van der Waals surface area contributed by atoms with Gasteiger partial charge < -0.3 is 26.3 Å². The van der Waals surface area contributed by atoms with E-state index in [2.05, 4.69) is 15.1 Å². The molecule has 0 bridgehead atoms. The van der Waals surface area contributed by atoms with Crippen LogP contribution in [0.1, 0.15) is 24.8 Å². The van der Waals surface area contributed by atoms with Gasteiger partial charge in [0.25, 0.3) is 11.5 Å². The molecule has 12 heteroatoms. The lowest BCUT2D eigenvalue weighted by atomic mass is 9.94. The molecule has 2 aromatic carbocycles. The Balaban J connectivity index is 1.61. The van der Waals surface area contributed by atoms with Gasteiger partial charge in [-0.2, -0.15) is 0 Å². The molecule has 2 aliphatic rings. The van der Waals surface area contributed by atoms with Crippen LogP contribution in [0.4, 0.5) is 5.69 Å². The van der Waals surface area contributed by atoms with Crippen molar-refractivity contribution in [1.29, 1.82) is 0 Å². The summed E-state index contributed by atoms with van der Waals surface area (Å²) < 4.78 is 32.2. The Hall–Kier alpha value is -3.74. The van der Waals surface area contributed by atoms with Gasteiger partial charge in [0, 0.05) is 17.5 Å². The number of anilines is 1. The first-order chi connectivity index (χ1) is 16.2. The molecule has 1 aliphatic carbocycles. The van der Waals surface area contributed by atoms with Crippen LogP contribution in [0, 0.1) is 0 Å². The summed E-state index contributed by atoms with van der Waals surface area (Å²) in [5, 5.41) is 14.3. The summed E-state index contributed by atoms with van der Waals surface area (Å²) in [4.78, 5) is 24.5. The molecule has 1 aromatic heterocycles. The molecule has 0 atom stereocenters. The number of hydrogen-bond acceptors (Lipinski definition) is 9. The average molecular weight is 486 g/mol. The van der Waals surface area contributed by atoms with E-state index < -0.39 is 22.2 Å². The van der Waals surface area contributed by atoms with Gasteiger partial charge in [0.2, 0.25) is 0 Å². The Morgan fingerprint density at radius 2 is 2.03 bits per heavy atom. The number of nitrogens with zero attached hydrogens (tertiary/aromatic N) is 2. The number of carbonyl (C=O) groups is 1. The molecule has 11 nitrogen and oxygen atoms in total. The third-order valence-corrected chi connectivity index (χ3v) is 7.17. The normalized spacial score (nSPS) is 17.6. The second kappa shape index (κ2) is 8.24. The zero-order valence-electron chi connectivity index (χ0n) is 17.9. The lowest BCUT2D eigenvalue weighted by Crippen LogP contribution is -2.42. The fourth-order valence-electron chi connectivity index (χ4n) is 3.90. The maximum atomic E-state index is 13.5. The summed E-state index contributed by atoms with van der Waals surface area (Å²) in [6, 6.07) is 11.3. The van der Waals surface area contributed by atoms with Crippen molar-refractivity contribution in [2.75, 3.05) is 17.3 Å². The Kier molecular flexibility index (Phi) is 5.35. The van der Waals surface area contributed by atoms with Crippen LogP contribution in [0.15, 0.2) is 56.6 Å².